The number of carbonyl (C=O) groups is 1. The molecule has 1 heterocycles. The fraction of sp³-hybridized carbons (Fsp3) is 0.857. The third-order valence-corrected chi connectivity index (χ3v) is 2.14. The summed E-state index contributed by atoms with van der Waals surface area (Å²) >= 11 is 0. The van der Waals surface area contributed by atoms with Gasteiger partial charge in [0, 0.05) is 6.54 Å². The van der Waals surface area contributed by atoms with Crippen LogP contribution >= 0.6 is 0 Å². The van der Waals surface area contributed by atoms with Crippen LogP contribution in [-0.4, -0.2) is 46.1 Å². The molecule has 1 fully saturated rings. The largest absolute Gasteiger partial charge is 0.465 e. The van der Waals surface area contributed by atoms with Crippen molar-refractivity contribution in [1.82, 2.24) is 4.90 Å². The first-order chi connectivity index (χ1) is 5.43. The normalized spacial score (nSPS) is 36.6. The molecule has 1 aliphatic rings. The highest BCUT2D eigenvalue weighted by atomic mass is 19.1. The van der Waals surface area contributed by atoms with Gasteiger partial charge in [0.15, 0.2) is 5.67 Å². The Kier molecular flexibility index (Phi) is 2.23. The van der Waals surface area contributed by atoms with E-state index in [1.54, 1.807) is 0 Å². The summed E-state index contributed by atoms with van der Waals surface area (Å²) in [6.45, 7) is 1.17. The number of likely N-dealkylation sites (tertiary alicyclic amines) is 1. The van der Waals surface area contributed by atoms with Gasteiger partial charge < -0.3 is 15.1 Å². The van der Waals surface area contributed by atoms with E-state index in [0.29, 0.717) is 0 Å². The quantitative estimate of drug-likeness (QED) is 0.565. The number of rotatable bonds is 0. The second kappa shape index (κ2) is 2.90. The maximum Gasteiger partial charge on any atom is 0.407 e. The zero-order valence-corrected chi connectivity index (χ0v) is 6.83. The van der Waals surface area contributed by atoms with Gasteiger partial charge in [-0.3, -0.25) is 0 Å². The summed E-state index contributed by atoms with van der Waals surface area (Å²) in [5.74, 6) is 0. The van der Waals surface area contributed by atoms with Gasteiger partial charge >= 0.3 is 6.09 Å². The summed E-state index contributed by atoms with van der Waals surface area (Å²) in [6.07, 6.45) is -2.02. The number of aliphatic hydroxyl groups excluding tert-OH is 1. The molecule has 0 bridgehead atoms. The predicted molar refractivity (Wildman–Crippen MR) is 39.7 cm³/mol. The first-order valence-corrected chi connectivity index (χ1v) is 3.78. The molecule has 0 saturated carbocycles. The summed E-state index contributed by atoms with van der Waals surface area (Å²) in [7, 11) is 0. The highest BCUT2D eigenvalue weighted by molar-refractivity contribution is 5.65. The minimum atomic E-state index is -1.81. The zero-order valence-electron chi connectivity index (χ0n) is 6.83. The van der Waals surface area contributed by atoms with Gasteiger partial charge in [-0.05, 0) is 13.3 Å². The molecule has 2 atom stereocenters. The molecule has 1 rings (SSSR count). The number of alkyl halides is 1. The van der Waals surface area contributed by atoms with Crippen LogP contribution in [0, 0.1) is 0 Å². The molecule has 0 spiro atoms. The van der Waals surface area contributed by atoms with Gasteiger partial charge in [0.2, 0.25) is 0 Å². The number of amides is 1. The predicted octanol–water partition coefficient (Wildman–Crippen LogP) is 0.459. The van der Waals surface area contributed by atoms with E-state index in [1.807, 2.05) is 0 Å². The highest BCUT2D eigenvalue weighted by Crippen LogP contribution is 2.24. The number of nitrogens with zero attached hydrogens (tertiary/aromatic N) is 1. The van der Waals surface area contributed by atoms with Crippen LogP contribution in [0.1, 0.15) is 13.3 Å². The molecule has 0 aromatic heterocycles. The second-order valence-electron chi connectivity index (χ2n) is 3.29. The fourth-order valence-electron chi connectivity index (χ4n) is 1.30. The van der Waals surface area contributed by atoms with Gasteiger partial charge in [-0.1, -0.05) is 0 Å². The first kappa shape index (κ1) is 9.25. The summed E-state index contributed by atoms with van der Waals surface area (Å²) in [6, 6.07) is 0. The Hall–Kier alpha value is -0.840. The Labute approximate surface area is 69.6 Å². The minimum Gasteiger partial charge on any atom is -0.465 e. The molecule has 1 aliphatic heterocycles. The minimum absolute atomic E-state index is 0.166. The highest BCUT2D eigenvalue weighted by Gasteiger charge is 2.40. The lowest BCUT2D eigenvalue weighted by Gasteiger charge is -2.37. The molecule has 2 N–H and O–H groups in total. The number of carboxylic acid groups (broad SMARTS) is 1. The van der Waals surface area contributed by atoms with Gasteiger partial charge in [-0.15, -0.1) is 0 Å². The molecule has 0 aromatic rings. The summed E-state index contributed by atoms with van der Waals surface area (Å²) in [4.78, 5) is 11.4. The van der Waals surface area contributed by atoms with E-state index in [-0.39, 0.29) is 19.5 Å². The Morgan fingerprint density at radius 1 is 1.75 bits per heavy atom. The average Bonchev–Trinajstić information content (AvgIpc) is 1.94. The Morgan fingerprint density at radius 2 is 2.33 bits per heavy atom. The molecule has 0 aromatic carbocycles. The molecular formula is C7H12FNO3. The van der Waals surface area contributed by atoms with Gasteiger partial charge in [-0.25, -0.2) is 9.18 Å². The van der Waals surface area contributed by atoms with Crippen LogP contribution in [0.3, 0.4) is 0 Å². The molecule has 5 heteroatoms. The van der Waals surface area contributed by atoms with Crippen molar-refractivity contribution in [3.8, 4) is 0 Å². The van der Waals surface area contributed by atoms with Gasteiger partial charge in [0.1, 0.15) is 0 Å². The molecule has 1 amide bonds. The van der Waals surface area contributed by atoms with Crippen LogP contribution in [0.4, 0.5) is 9.18 Å². The van der Waals surface area contributed by atoms with Crippen molar-refractivity contribution < 1.29 is 19.4 Å². The second-order valence-corrected chi connectivity index (χ2v) is 3.29. The van der Waals surface area contributed by atoms with Crippen molar-refractivity contribution in [1.29, 1.82) is 0 Å². The average molecular weight is 177 g/mol. The van der Waals surface area contributed by atoms with E-state index in [1.165, 1.54) is 6.92 Å². The van der Waals surface area contributed by atoms with E-state index >= 15 is 0 Å². The van der Waals surface area contributed by atoms with Crippen LogP contribution in [0.2, 0.25) is 0 Å². The van der Waals surface area contributed by atoms with Crippen LogP contribution in [0.15, 0.2) is 0 Å². The number of piperidine rings is 1. The van der Waals surface area contributed by atoms with Crippen LogP contribution in [-0.2, 0) is 0 Å². The third kappa shape index (κ3) is 1.66. The van der Waals surface area contributed by atoms with Crippen LogP contribution in [0.25, 0.3) is 0 Å². The van der Waals surface area contributed by atoms with Gasteiger partial charge in [0.05, 0.1) is 12.6 Å². The lowest BCUT2D eigenvalue weighted by atomic mass is 9.94. The van der Waals surface area contributed by atoms with Crippen molar-refractivity contribution in [3.05, 3.63) is 0 Å². The Balaban J connectivity index is 2.63. The van der Waals surface area contributed by atoms with Crippen molar-refractivity contribution in [2.75, 3.05) is 13.1 Å². The summed E-state index contributed by atoms with van der Waals surface area (Å²) < 4.78 is 13.3. The third-order valence-electron chi connectivity index (χ3n) is 2.14. The molecule has 0 unspecified atom stereocenters. The SMILES string of the molecule is C[C@@]1(F)CN(C(=O)O)CC[C@H]1O. The monoisotopic (exact) mass is 177 g/mol. The number of halogens is 1. The standard InChI is InChI=1S/C7H12FNO3/c1-7(8)4-9(6(11)12)3-2-5(7)10/h5,10H,2-4H2,1H3,(H,11,12)/t5-,7-/m1/s1. The zero-order chi connectivity index (χ0) is 9.35. The molecule has 4 nitrogen and oxygen atoms in total. The fourth-order valence-corrected chi connectivity index (χ4v) is 1.30. The lowest BCUT2D eigenvalue weighted by molar-refractivity contribution is -0.0508. The van der Waals surface area contributed by atoms with Crippen molar-refractivity contribution >= 4 is 6.09 Å². The first-order valence-electron chi connectivity index (χ1n) is 3.78. The van der Waals surface area contributed by atoms with Crippen molar-refractivity contribution in [3.63, 3.8) is 0 Å². The molecule has 1 saturated heterocycles. The Bertz CT molecular complexity index is 195. The lowest BCUT2D eigenvalue weighted by Crippen LogP contribution is -2.53. The Morgan fingerprint density at radius 3 is 2.75 bits per heavy atom. The van der Waals surface area contributed by atoms with E-state index in [9.17, 15) is 9.18 Å². The van der Waals surface area contributed by atoms with Gasteiger partial charge in [-0.2, -0.15) is 0 Å². The molecular weight excluding hydrogens is 165 g/mol. The van der Waals surface area contributed by atoms with E-state index < -0.39 is 17.9 Å². The van der Waals surface area contributed by atoms with Gasteiger partial charge in [0.25, 0.3) is 0 Å². The van der Waals surface area contributed by atoms with Crippen LogP contribution in [0.5, 0.6) is 0 Å². The van der Waals surface area contributed by atoms with Crippen molar-refractivity contribution in [2.24, 2.45) is 0 Å². The maximum absolute atomic E-state index is 13.3. The van der Waals surface area contributed by atoms with Crippen LogP contribution < -0.4 is 0 Å². The number of aliphatic hydroxyl groups is 1. The molecule has 0 radical (unpaired) electrons. The van der Waals surface area contributed by atoms with E-state index in [0.717, 1.165) is 4.90 Å². The summed E-state index contributed by atoms with van der Waals surface area (Å²) in [5, 5.41) is 17.7. The van der Waals surface area contributed by atoms with Crippen molar-refractivity contribution in [2.45, 2.75) is 25.1 Å². The summed E-state index contributed by atoms with van der Waals surface area (Å²) in [5.41, 5.74) is -1.81. The topological polar surface area (TPSA) is 60.8 Å². The number of hydrogen-bond donors (Lipinski definition) is 2. The molecule has 70 valence electrons. The molecule has 0 aliphatic carbocycles. The smallest absolute Gasteiger partial charge is 0.407 e. The number of hydrogen-bond acceptors (Lipinski definition) is 2. The van der Waals surface area contributed by atoms with E-state index in [2.05, 4.69) is 0 Å². The van der Waals surface area contributed by atoms with E-state index in [4.69, 9.17) is 10.2 Å². The maximum atomic E-state index is 13.3. The molecule has 12 heavy (non-hydrogen) atoms.